The van der Waals surface area contributed by atoms with E-state index in [0.717, 1.165) is 5.56 Å². The number of aryl methyl sites for hydroxylation is 1. The summed E-state index contributed by atoms with van der Waals surface area (Å²) in [4.78, 5) is 12.2. The van der Waals surface area contributed by atoms with Crippen molar-refractivity contribution in [3.8, 4) is 5.75 Å². The Morgan fingerprint density at radius 1 is 1.10 bits per heavy atom. The summed E-state index contributed by atoms with van der Waals surface area (Å²) in [6, 6.07) is 13.6. The molecule has 0 aliphatic rings. The van der Waals surface area contributed by atoms with Gasteiger partial charge in [0.15, 0.2) is 11.7 Å². The van der Waals surface area contributed by atoms with E-state index in [2.05, 4.69) is 10.6 Å². The molecule has 0 unspecified atom stereocenters. The van der Waals surface area contributed by atoms with Crippen LogP contribution >= 0.6 is 12.2 Å². The summed E-state index contributed by atoms with van der Waals surface area (Å²) in [6.45, 7) is 6.15. The van der Waals surface area contributed by atoms with Crippen molar-refractivity contribution in [2.24, 2.45) is 0 Å². The Kier molecular flexibility index (Phi) is 8.12. The first-order chi connectivity index (χ1) is 13.8. The zero-order valence-electron chi connectivity index (χ0n) is 16.6. The van der Waals surface area contributed by atoms with Crippen LogP contribution in [-0.4, -0.2) is 43.4 Å². The Hall–Kier alpha value is -2.49. The van der Waals surface area contributed by atoms with Gasteiger partial charge in [-0.3, -0.25) is 10.1 Å². The number of hydrogen-bond acceptors (Lipinski definition) is 5. The van der Waals surface area contributed by atoms with Crippen LogP contribution in [0.1, 0.15) is 19.4 Å². The number of hydrogen-bond donors (Lipinski definition) is 2. The summed E-state index contributed by atoms with van der Waals surface area (Å²) >= 11 is 5.12. The summed E-state index contributed by atoms with van der Waals surface area (Å²) in [5, 5.41) is 5.48. The lowest BCUT2D eigenvalue weighted by atomic mass is 10.2. The first-order valence-electron chi connectivity index (χ1n) is 9.16. The Morgan fingerprint density at radius 2 is 1.76 bits per heavy atom. The predicted molar refractivity (Wildman–Crippen MR) is 118 cm³/mol. The molecule has 0 aliphatic heterocycles. The van der Waals surface area contributed by atoms with Crippen molar-refractivity contribution in [1.29, 1.82) is 0 Å². The second-order valence-electron chi connectivity index (χ2n) is 6.22. The van der Waals surface area contributed by atoms with Crippen molar-refractivity contribution < 1.29 is 17.9 Å². The molecule has 0 bridgehead atoms. The molecule has 0 spiro atoms. The van der Waals surface area contributed by atoms with E-state index in [1.54, 1.807) is 32.0 Å². The Balaban J connectivity index is 1.89. The molecule has 0 saturated heterocycles. The zero-order valence-corrected chi connectivity index (χ0v) is 18.3. The van der Waals surface area contributed by atoms with Gasteiger partial charge in [0.2, 0.25) is 10.0 Å². The van der Waals surface area contributed by atoms with Crippen LogP contribution in [0.2, 0.25) is 0 Å². The molecule has 2 aromatic carbocycles. The number of nitrogens with zero attached hydrogens (tertiary/aromatic N) is 1. The lowest BCUT2D eigenvalue weighted by Gasteiger charge is -2.18. The molecule has 0 aliphatic carbocycles. The Bertz CT molecular complexity index is 956. The SMILES string of the molecule is CCN(CC)S(=O)(=O)c1ccc(NC(=S)NC(=O)COc2cccc(C)c2)cc1. The van der Waals surface area contributed by atoms with Crippen LogP contribution in [0.5, 0.6) is 5.75 Å². The number of benzene rings is 2. The molecule has 1 amide bonds. The number of carbonyl (C=O) groups is 1. The number of carbonyl (C=O) groups excluding carboxylic acids is 1. The molecule has 2 rings (SSSR count). The van der Waals surface area contributed by atoms with Gasteiger partial charge in [-0.15, -0.1) is 0 Å². The van der Waals surface area contributed by atoms with Crippen molar-refractivity contribution in [2.75, 3.05) is 25.0 Å². The van der Waals surface area contributed by atoms with E-state index >= 15 is 0 Å². The third-order valence-corrected chi connectivity index (χ3v) is 6.34. The fourth-order valence-corrected chi connectivity index (χ4v) is 4.29. The molecule has 0 saturated carbocycles. The largest absolute Gasteiger partial charge is 0.484 e. The van der Waals surface area contributed by atoms with Gasteiger partial charge < -0.3 is 10.1 Å². The monoisotopic (exact) mass is 435 g/mol. The number of rotatable bonds is 8. The molecule has 156 valence electrons. The Labute approximate surface area is 177 Å². The van der Waals surface area contributed by atoms with Crippen LogP contribution in [0.25, 0.3) is 0 Å². The van der Waals surface area contributed by atoms with E-state index in [0.29, 0.717) is 24.5 Å². The topological polar surface area (TPSA) is 87.7 Å². The minimum absolute atomic E-state index is 0.0993. The minimum atomic E-state index is -3.52. The first kappa shape index (κ1) is 22.8. The highest BCUT2D eigenvalue weighted by Gasteiger charge is 2.21. The lowest BCUT2D eigenvalue weighted by molar-refractivity contribution is -0.121. The number of nitrogens with one attached hydrogen (secondary N) is 2. The molecule has 29 heavy (non-hydrogen) atoms. The smallest absolute Gasteiger partial charge is 0.264 e. The molecular formula is C20H25N3O4S2. The van der Waals surface area contributed by atoms with Crippen molar-refractivity contribution in [1.82, 2.24) is 9.62 Å². The lowest BCUT2D eigenvalue weighted by Crippen LogP contribution is -2.37. The van der Waals surface area contributed by atoms with Gasteiger partial charge in [-0.05, 0) is 61.1 Å². The number of ether oxygens (including phenoxy) is 1. The molecule has 0 aromatic heterocycles. The van der Waals surface area contributed by atoms with E-state index in [1.807, 2.05) is 25.1 Å². The molecular weight excluding hydrogens is 410 g/mol. The van der Waals surface area contributed by atoms with E-state index < -0.39 is 15.9 Å². The fraction of sp³-hybridized carbons (Fsp3) is 0.300. The van der Waals surface area contributed by atoms with E-state index in [9.17, 15) is 13.2 Å². The predicted octanol–water partition coefficient (Wildman–Crippen LogP) is 2.92. The van der Waals surface area contributed by atoms with Crippen LogP contribution in [0.3, 0.4) is 0 Å². The second-order valence-corrected chi connectivity index (χ2v) is 8.57. The van der Waals surface area contributed by atoms with Crippen LogP contribution in [0.15, 0.2) is 53.4 Å². The highest BCUT2D eigenvalue weighted by molar-refractivity contribution is 7.89. The first-order valence-corrected chi connectivity index (χ1v) is 11.0. The molecule has 0 atom stereocenters. The summed E-state index contributed by atoms with van der Waals surface area (Å²) < 4.78 is 31.8. The quantitative estimate of drug-likeness (QED) is 0.620. The third-order valence-electron chi connectivity index (χ3n) is 4.07. The average molecular weight is 436 g/mol. The van der Waals surface area contributed by atoms with E-state index in [1.165, 1.54) is 16.4 Å². The van der Waals surface area contributed by atoms with Gasteiger partial charge in [0.25, 0.3) is 5.91 Å². The molecule has 0 heterocycles. The molecule has 2 N–H and O–H groups in total. The normalized spacial score (nSPS) is 11.2. The maximum atomic E-state index is 12.5. The molecule has 7 nitrogen and oxygen atoms in total. The molecule has 2 aromatic rings. The van der Waals surface area contributed by atoms with Crippen molar-refractivity contribution in [2.45, 2.75) is 25.7 Å². The maximum absolute atomic E-state index is 12.5. The Morgan fingerprint density at radius 3 is 2.34 bits per heavy atom. The number of thiocarbonyl (C=S) groups is 1. The minimum Gasteiger partial charge on any atom is -0.484 e. The molecule has 0 radical (unpaired) electrons. The third kappa shape index (κ3) is 6.52. The molecule has 9 heteroatoms. The summed E-state index contributed by atoms with van der Waals surface area (Å²) in [7, 11) is -3.52. The zero-order chi connectivity index (χ0) is 21.4. The van der Waals surface area contributed by atoms with Crippen molar-refractivity contribution in [3.63, 3.8) is 0 Å². The number of sulfonamides is 1. The van der Waals surface area contributed by atoms with Gasteiger partial charge in [0, 0.05) is 18.8 Å². The van der Waals surface area contributed by atoms with Crippen molar-refractivity contribution in [3.05, 3.63) is 54.1 Å². The van der Waals surface area contributed by atoms with Gasteiger partial charge >= 0.3 is 0 Å². The van der Waals surface area contributed by atoms with Gasteiger partial charge in [-0.2, -0.15) is 4.31 Å². The van der Waals surface area contributed by atoms with Crippen LogP contribution in [0.4, 0.5) is 5.69 Å². The van der Waals surface area contributed by atoms with Crippen LogP contribution < -0.4 is 15.4 Å². The summed E-state index contributed by atoms with van der Waals surface area (Å²) in [5.74, 6) is 0.203. The van der Waals surface area contributed by atoms with Crippen molar-refractivity contribution >= 4 is 38.9 Å². The highest BCUT2D eigenvalue weighted by Crippen LogP contribution is 2.18. The average Bonchev–Trinajstić information content (AvgIpc) is 2.67. The van der Waals surface area contributed by atoms with Gasteiger partial charge in [0.05, 0.1) is 4.90 Å². The summed E-state index contributed by atoms with van der Waals surface area (Å²) in [6.07, 6.45) is 0. The number of amides is 1. The van der Waals surface area contributed by atoms with Crippen LogP contribution in [0, 0.1) is 6.92 Å². The van der Waals surface area contributed by atoms with Gasteiger partial charge in [-0.25, -0.2) is 8.42 Å². The highest BCUT2D eigenvalue weighted by atomic mass is 32.2. The van der Waals surface area contributed by atoms with E-state index in [4.69, 9.17) is 17.0 Å². The second kappa shape index (κ2) is 10.3. The molecule has 0 fully saturated rings. The standard InChI is InChI=1S/C20H25N3O4S2/c1-4-23(5-2)29(25,26)18-11-9-16(10-12-18)21-20(28)22-19(24)14-27-17-8-6-7-15(3)13-17/h6-13H,4-5,14H2,1-3H3,(H2,21,22,24,28). The maximum Gasteiger partial charge on any atom is 0.264 e. The number of anilines is 1. The summed E-state index contributed by atoms with van der Waals surface area (Å²) in [5.41, 5.74) is 1.60. The fourth-order valence-electron chi connectivity index (χ4n) is 2.60. The van der Waals surface area contributed by atoms with E-state index in [-0.39, 0.29) is 16.6 Å². The van der Waals surface area contributed by atoms with Gasteiger partial charge in [-0.1, -0.05) is 26.0 Å². The van der Waals surface area contributed by atoms with Gasteiger partial charge in [0.1, 0.15) is 5.75 Å². The van der Waals surface area contributed by atoms with Crippen LogP contribution in [-0.2, 0) is 14.8 Å².